The van der Waals surface area contributed by atoms with Crippen LogP contribution in [0.5, 0.6) is 0 Å². The summed E-state index contributed by atoms with van der Waals surface area (Å²) in [6, 6.07) is 8.57. The second kappa shape index (κ2) is 4.87. The number of anilines is 1. The quantitative estimate of drug-likeness (QED) is 0.737. The largest absolute Gasteiger partial charge is 0.388 e. The third-order valence-corrected chi connectivity index (χ3v) is 2.28. The van der Waals surface area contributed by atoms with Gasteiger partial charge in [0.1, 0.15) is 0 Å². The Bertz CT molecular complexity index is 241. The van der Waals surface area contributed by atoms with E-state index in [-0.39, 0.29) is 0 Å². The van der Waals surface area contributed by atoms with Crippen LogP contribution in [0.2, 0.25) is 0 Å². The van der Waals surface area contributed by atoms with E-state index in [4.69, 9.17) is 0 Å². The van der Waals surface area contributed by atoms with E-state index < -0.39 is 0 Å². The van der Waals surface area contributed by atoms with Gasteiger partial charge < -0.3 is 10.6 Å². The molecule has 0 bridgehead atoms. The lowest BCUT2D eigenvalue weighted by molar-refractivity contribution is 0.678. The first-order valence-corrected chi connectivity index (χ1v) is 4.70. The Kier molecular flexibility index (Phi) is 3.77. The Morgan fingerprint density at radius 3 is 2.23 bits per heavy atom. The summed E-state index contributed by atoms with van der Waals surface area (Å²) in [6.07, 6.45) is 0. The van der Waals surface area contributed by atoms with Gasteiger partial charge in [-0.25, -0.2) is 0 Å². The second-order valence-corrected chi connectivity index (χ2v) is 3.33. The molecule has 72 valence electrons. The zero-order valence-corrected chi connectivity index (χ0v) is 8.59. The van der Waals surface area contributed by atoms with E-state index >= 15 is 0 Å². The lowest BCUT2D eigenvalue weighted by atomic mass is 10.0. The second-order valence-electron chi connectivity index (χ2n) is 3.33. The van der Waals surface area contributed by atoms with E-state index in [0.717, 1.165) is 6.54 Å². The molecule has 2 N–H and O–H groups in total. The van der Waals surface area contributed by atoms with Crippen molar-refractivity contribution in [3.8, 4) is 0 Å². The third kappa shape index (κ3) is 2.74. The minimum Gasteiger partial charge on any atom is -0.388 e. The number of likely N-dealkylation sites (N-methyl/N-ethyl adjacent to an activating group) is 1. The van der Waals surface area contributed by atoms with Gasteiger partial charge in [-0.05, 0) is 30.7 Å². The summed E-state index contributed by atoms with van der Waals surface area (Å²) in [4.78, 5) is 0. The van der Waals surface area contributed by atoms with Gasteiger partial charge in [0.2, 0.25) is 0 Å². The van der Waals surface area contributed by atoms with Gasteiger partial charge in [-0.15, -0.1) is 0 Å². The van der Waals surface area contributed by atoms with Crippen molar-refractivity contribution in [3.05, 3.63) is 29.8 Å². The molecule has 2 nitrogen and oxygen atoms in total. The molecule has 0 spiro atoms. The highest BCUT2D eigenvalue weighted by Gasteiger charge is 2.02. The molecule has 13 heavy (non-hydrogen) atoms. The monoisotopic (exact) mass is 178 g/mol. The van der Waals surface area contributed by atoms with Crippen molar-refractivity contribution in [2.24, 2.45) is 0 Å². The highest BCUT2D eigenvalue weighted by atomic mass is 14.8. The average Bonchev–Trinajstić information content (AvgIpc) is 2.18. The molecule has 0 aliphatic heterocycles. The molecule has 0 aliphatic rings. The maximum absolute atomic E-state index is 3.18. The van der Waals surface area contributed by atoms with Crippen molar-refractivity contribution >= 4 is 5.69 Å². The van der Waals surface area contributed by atoms with Crippen LogP contribution < -0.4 is 10.6 Å². The van der Waals surface area contributed by atoms with Gasteiger partial charge >= 0.3 is 0 Å². The molecule has 0 heterocycles. The van der Waals surface area contributed by atoms with Crippen LogP contribution in [-0.4, -0.2) is 20.6 Å². The van der Waals surface area contributed by atoms with Crippen molar-refractivity contribution in [2.45, 2.75) is 12.8 Å². The maximum atomic E-state index is 3.18. The third-order valence-electron chi connectivity index (χ3n) is 2.28. The minimum atomic E-state index is 0.580. The molecule has 0 saturated carbocycles. The lowest BCUT2D eigenvalue weighted by Crippen LogP contribution is -2.14. The van der Waals surface area contributed by atoms with E-state index in [1.807, 2.05) is 14.1 Å². The fraction of sp³-hybridized carbons (Fsp3) is 0.455. The number of benzene rings is 1. The van der Waals surface area contributed by atoms with E-state index in [0.29, 0.717) is 5.92 Å². The van der Waals surface area contributed by atoms with E-state index in [9.17, 15) is 0 Å². The van der Waals surface area contributed by atoms with Crippen LogP contribution in [-0.2, 0) is 0 Å². The smallest absolute Gasteiger partial charge is 0.0337 e. The van der Waals surface area contributed by atoms with Crippen LogP contribution in [0.15, 0.2) is 24.3 Å². The molecule has 0 aromatic heterocycles. The molecule has 0 amide bonds. The molecular formula is C11H18N2. The molecular weight excluding hydrogens is 160 g/mol. The highest BCUT2D eigenvalue weighted by molar-refractivity contribution is 5.44. The predicted octanol–water partition coefficient (Wildman–Crippen LogP) is 2.05. The van der Waals surface area contributed by atoms with E-state index in [2.05, 4.69) is 41.8 Å². The topological polar surface area (TPSA) is 24.1 Å². The Labute approximate surface area is 80.4 Å². The Morgan fingerprint density at radius 2 is 1.77 bits per heavy atom. The fourth-order valence-corrected chi connectivity index (χ4v) is 1.40. The van der Waals surface area contributed by atoms with Crippen LogP contribution in [0.3, 0.4) is 0 Å². The standard InChI is InChI=1S/C11H18N2/c1-9(8-12-2)10-4-6-11(13-3)7-5-10/h4-7,9,12-13H,8H2,1-3H3. The van der Waals surface area contributed by atoms with Crippen molar-refractivity contribution in [3.63, 3.8) is 0 Å². The Balaban J connectivity index is 2.67. The number of nitrogens with one attached hydrogen (secondary N) is 2. The van der Waals surface area contributed by atoms with Crippen molar-refractivity contribution in [2.75, 3.05) is 26.0 Å². The Hall–Kier alpha value is -1.02. The number of rotatable bonds is 4. The van der Waals surface area contributed by atoms with Crippen LogP contribution in [0.25, 0.3) is 0 Å². The zero-order valence-electron chi connectivity index (χ0n) is 8.59. The van der Waals surface area contributed by atoms with Gasteiger partial charge in [0.05, 0.1) is 0 Å². The molecule has 0 aliphatic carbocycles. The molecule has 2 heteroatoms. The summed E-state index contributed by atoms with van der Waals surface area (Å²) in [5.41, 5.74) is 2.55. The fourth-order valence-electron chi connectivity index (χ4n) is 1.40. The molecule has 0 radical (unpaired) electrons. The summed E-state index contributed by atoms with van der Waals surface area (Å²) in [5.74, 6) is 0.580. The molecule has 1 aromatic carbocycles. The SMILES string of the molecule is CNCC(C)c1ccc(NC)cc1. The molecule has 1 aromatic rings. The van der Waals surface area contributed by atoms with Gasteiger partial charge in [0.15, 0.2) is 0 Å². The average molecular weight is 178 g/mol. The first-order chi connectivity index (χ1) is 6.27. The molecule has 1 rings (SSSR count). The van der Waals surface area contributed by atoms with E-state index in [1.165, 1.54) is 11.3 Å². The van der Waals surface area contributed by atoms with Crippen LogP contribution in [0.1, 0.15) is 18.4 Å². The van der Waals surface area contributed by atoms with Crippen LogP contribution in [0.4, 0.5) is 5.69 Å². The minimum absolute atomic E-state index is 0.580. The predicted molar refractivity (Wildman–Crippen MR) is 58.3 cm³/mol. The summed E-state index contributed by atoms with van der Waals surface area (Å²) < 4.78 is 0. The number of hydrogen-bond acceptors (Lipinski definition) is 2. The van der Waals surface area contributed by atoms with Gasteiger partial charge in [-0.1, -0.05) is 19.1 Å². The summed E-state index contributed by atoms with van der Waals surface area (Å²) in [5, 5.41) is 6.29. The van der Waals surface area contributed by atoms with Gasteiger partial charge in [-0.2, -0.15) is 0 Å². The van der Waals surface area contributed by atoms with Crippen molar-refractivity contribution in [1.29, 1.82) is 0 Å². The van der Waals surface area contributed by atoms with Gasteiger partial charge in [0, 0.05) is 19.3 Å². The van der Waals surface area contributed by atoms with Gasteiger partial charge in [0.25, 0.3) is 0 Å². The lowest BCUT2D eigenvalue weighted by Gasteiger charge is -2.11. The zero-order chi connectivity index (χ0) is 9.68. The first-order valence-electron chi connectivity index (χ1n) is 4.70. The summed E-state index contributed by atoms with van der Waals surface area (Å²) in [7, 11) is 3.92. The summed E-state index contributed by atoms with van der Waals surface area (Å²) >= 11 is 0. The summed E-state index contributed by atoms with van der Waals surface area (Å²) in [6.45, 7) is 3.25. The van der Waals surface area contributed by atoms with Crippen LogP contribution in [0, 0.1) is 0 Å². The first kappa shape index (κ1) is 10.1. The highest BCUT2D eigenvalue weighted by Crippen LogP contribution is 2.16. The van der Waals surface area contributed by atoms with Gasteiger partial charge in [-0.3, -0.25) is 0 Å². The van der Waals surface area contributed by atoms with Crippen LogP contribution >= 0.6 is 0 Å². The Morgan fingerprint density at radius 1 is 1.15 bits per heavy atom. The maximum Gasteiger partial charge on any atom is 0.0337 e. The molecule has 1 atom stereocenters. The molecule has 0 saturated heterocycles. The normalized spacial score (nSPS) is 12.5. The van der Waals surface area contributed by atoms with E-state index in [1.54, 1.807) is 0 Å². The number of hydrogen-bond donors (Lipinski definition) is 2. The van der Waals surface area contributed by atoms with Crippen molar-refractivity contribution in [1.82, 2.24) is 5.32 Å². The molecule has 0 fully saturated rings. The molecule has 1 unspecified atom stereocenters. The van der Waals surface area contributed by atoms with Crippen molar-refractivity contribution < 1.29 is 0 Å².